The smallest absolute Gasteiger partial charge is 0.246 e. The Bertz CT molecular complexity index is 810. The molecule has 0 aliphatic carbocycles. The number of amides is 2. The first-order valence-electron chi connectivity index (χ1n) is 9.14. The van der Waals surface area contributed by atoms with Crippen molar-refractivity contribution in [2.75, 3.05) is 19.6 Å². The van der Waals surface area contributed by atoms with E-state index in [4.69, 9.17) is 0 Å². The van der Waals surface area contributed by atoms with Crippen molar-refractivity contribution in [3.8, 4) is 0 Å². The second kappa shape index (κ2) is 8.56. The predicted molar refractivity (Wildman–Crippen MR) is 101 cm³/mol. The molecule has 0 bridgehead atoms. The van der Waals surface area contributed by atoms with Crippen molar-refractivity contribution < 1.29 is 9.59 Å². The van der Waals surface area contributed by atoms with Gasteiger partial charge in [0.05, 0.1) is 22.9 Å². The van der Waals surface area contributed by atoms with Crippen molar-refractivity contribution in [3.05, 3.63) is 42.2 Å². The van der Waals surface area contributed by atoms with Gasteiger partial charge in [-0.1, -0.05) is 19.1 Å². The molecule has 2 amide bonds. The van der Waals surface area contributed by atoms with Crippen LogP contribution in [0.4, 0.5) is 0 Å². The molecule has 2 heterocycles. The molecule has 1 aromatic heterocycles. The molecule has 2 aromatic rings. The van der Waals surface area contributed by atoms with Crippen molar-refractivity contribution >= 4 is 28.9 Å². The number of aromatic nitrogens is 2. The number of hydrogen-bond donors (Lipinski definition) is 1. The summed E-state index contributed by atoms with van der Waals surface area (Å²) in [5.74, 6) is 0.0780. The van der Waals surface area contributed by atoms with E-state index in [0.717, 1.165) is 17.5 Å². The minimum atomic E-state index is -0.0487. The molecular weight excluding hydrogens is 328 g/mol. The van der Waals surface area contributed by atoms with Gasteiger partial charge in [0.1, 0.15) is 0 Å². The number of nitrogens with zero attached hydrogens (tertiary/aromatic N) is 3. The molecule has 0 unspecified atom stereocenters. The van der Waals surface area contributed by atoms with Crippen LogP contribution in [0.5, 0.6) is 0 Å². The maximum Gasteiger partial charge on any atom is 0.246 e. The Kier molecular flexibility index (Phi) is 5.94. The number of fused-ring (bicyclic) bond motifs is 1. The molecule has 1 aromatic carbocycles. The summed E-state index contributed by atoms with van der Waals surface area (Å²) in [4.78, 5) is 35.0. The van der Waals surface area contributed by atoms with Crippen molar-refractivity contribution in [2.45, 2.75) is 26.2 Å². The van der Waals surface area contributed by atoms with Crippen LogP contribution in [-0.4, -0.2) is 46.3 Å². The second-order valence-corrected chi connectivity index (χ2v) is 6.51. The molecule has 1 aliphatic rings. The molecule has 3 rings (SSSR count). The normalized spacial score (nSPS) is 15.5. The highest BCUT2D eigenvalue weighted by Crippen LogP contribution is 2.18. The molecule has 0 saturated carbocycles. The molecule has 0 spiro atoms. The van der Waals surface area contributed by atoms with Gasteiger partial charge < -0.3 is 10.2 Å². The fourth-order valence-electron chi connectivity index (χ4n) is 3.07. The first-order chi connectivity index (χ1) is 12.7. The van der Waals surface area contributed by atoms with E-state index in [2.05, 4.69) is 15.3 Å². The molecule has 6 nitrogen and oxygen atoms in total. The van der Waals surface area contributed by atoms with E-state index in [9.17, 15) is 9.59 Å². The van der Waals surface area contributed by atoms with Crippen LogP contribution in [0, 0.1) is 5.92 Å². The number of carbonyl (C=O) groups is 2. The number of piperidine rings is 1. The predicted octanol–water partition coefficient (Wildman–Crippen LogP) is 2.41. The molecule has 0 radical (unpaired) electrons. The monoisotopic (exact) mass is 352 g/mol. The van der Waals surface area contributed by atoms with Crippen LogP contribution in [0.25, 0.3) is 17.1 Å². The van der Waals surface area contributed by atoms with E-state index in [1.165, 1.54) is 6.08 Å². The Labute approximate surface area is 153 Å². The third-order valence-corrected chi connectivity index (χ3v) is 4.59. The van der Waals surface area contributed by atoms with E-state index < -0.39 is 0 Å². The molecule has 1 saturated heterocycles. The minimum absolute atomic E-state index is 0.0148. The SMILES string of the molecule is CCCNC(=O)C1CCN(C(=O)/C=C/c2cnc3ccccc3n2)CC1. The minimum Gasteiger partial charge on any atom is -0.356 e. The average molecular weight is 352 g/mol. The maximum atomic E-state index is 12.4. The van der Waals surface area contributed by atoms with Crippen LogP contribution in [-0.2, 0) is 9.59 Å². The molecule has 1 fully saturated rings. The third-order valence-electron chi connectivity index (χ3n) is 4.59. The molecule has 1 N–H and O–H groups in total. The van der Waals surface area contributed by atoms with Gasteiger partial charge in [0, 0.05) is 31.6 Å². The van der Waals surface area contributed by atoms with Crippen LogP contribution in [0.15, 0.2) is 36.5 Å². The molecule has 136 valence electrons. The maximum absolute atomic E-state index is 12.4. The fraction of sp³-hybridized carbons (Fsp3) is 0.400. The van der Waals surface area contributed by atoms with Gasteiger partial charge in [0.2, 0.25) is 11.8 Å². The van der Waals surface area contributed by atoms with Crippen molar-refractivity contribution in [3.63, 3.8) is 0 Å². The van der Waals surface area contributed by atoms with Crippen LogP contribution in [0.3, 0.4) is 0 Å². The number of carbonyl (C=O) groups excluding carboxylic acids is 2. The van der Waals surface area contributed by atoms with Gasteiger partial charge in [-0.15, -0.1) is 0 Å². The third kappa shape index (κ3) is 4.45. The molecule has 1 aliphatic heterocycles. The van der Waals surface area contributed by atoms with Gasteiger partial charge >= 0.3 is 0 Å². The van der Waals surface area contributed by atoms with Crippen LogP contribution >= 0.6 is 0 Å². The summed E-state index contributed by atoms with van der Waals surface area (Å²) < 4.78 is 0. The summed E-state index contributed by atoms with van der Waals surface area (Å²) in [6, 6.07) is 7.64. The van der Waals surface area contributed by atoms with E-state index >= 15 is 0 Å². The zero-order valence-corrected chi connectivity index (χ0v) is 15.0. The Morgan fingerprint density at radius 1 is 1.23 bits per heavy atom. The summed E-state index contributed by atoms with van der Waals surface area (Å²) in [7, 11) is 0. The van der Waals surface area contributed by atoms with E-state index in [1.807, 2.05) is 31.2 Å². The Morgan fingerprint density at radius 2 is 1.96 bits per heavy atom. The van der Waals surface area contributed by atoms with Crippen LogP contribution < -0.4 is 5.32 Å². The van der Waals surface area contributed by atoms with Crippen molar-refractivity contribution in [2.24, 2.45) is 5.92 Å². The number of benzene rings is 1. The van der Waals surface area contributed by atoms with Crippen molar-refractivity contribution in [1.29, 1.82) is 0 Å². The summed E-state index contributed by atoms with van der Waals surface area (Å²) in [5.41, 5.74) is 2.30. The van der Waals surface area contributed by atoms with Crippen LogP contribution in [0.2, 0.25) is 0 Å². The quantitative estimate of drug-likeness (QED) is 0.839. The molecular formula is C20H24N4O2. The Hall–Kier alpha value is -2.76. The first-order valence-corrected chi connectivity index (χ1v) is 9.14. The molecule has 0 atom stereocenters. The lowest BCUT2D eigenvalue weighted by Gasteiger charge is -2.30. The van der Waals surface area contributed by atoms with E-state index in [0.29, 0.717) is 38.2 Å². The zero-order valence-electron chi connectivity index (χ0n) is 15.0. The zero-order chi connectivity index (χ0) is 18.4. The van der Waals surface area contributed by atoms with Gasteiger partial charge in [-0.25, -0.2) is 4.98 Å². The average Bonchev–Trinajstić information content (AvgIpc) is 2.70. The van der Waals surface area contributed by atoms with Crippen LogP contribution in [0.1, 0.15) is 31.9 Å². The van der Waals surface area contributed by atoms with E-state index in [1.54, 1.807) is 17.2 Å². The highest BCUT2D eigenvalue weighted by molar-refractivity contribution is 5.92. The van der Waals surface area contributed by atoms with Crippen molar-refractivity contribution in [1.82, 2.24) is 20.2 Å². The van der Waals surface area contributed by atoms with Gasteiger partial charge in [-0.05, 0) is 37.5 Å². The Balaban J connectivity index is 1.55. The number of hydrogen-bond acceptors (Lipinski definition) is 4. The second-order valence-electron chi connectivity index (χ2n) is 6.51. The topological polar surface area (TPSA) is 75.2 Å². The number of para-hydroxylation sites is 2. The van der Waals surface area contributed by atoms with E-state index in [-0.39, 0.29) is 17.7 Å². The van der Waals surface area contributed by atoms with Gasteiger partial charge in [0.15, 0.2) is 0 Å². The van der Waals surface area contributed by atoms with Gasteiger partial charge in [0.25, 0.3) is 0 Å². The lowest BCUT2D eigenvalue weighted by molar-refractivity contribution is -0.132. The highest BCUT2D eigenvalue weighted by Gasteiger charge is 2.26. The number of likely N-dealkylation sites (tertiary alicyclic amines) is 1. The lowest BCUT2D eigenvalue weighted by atomic mass is 9.96. The number of rotatable bonds is 5. The molecule has 6 heteroatoms. The first kappa shape index (κ1) is 18.0. The highest BCUT2D eigenvalue weighted by atomic mass is 16.2. The summed E-state index contributed by atoms with van der Waals surface area (Å²) >= 11 is 0. The Morgan fingerprint density at radius 3 is 2.69 bits per heavy atom. The summed E-state index contributed by atoms with van der Waals surface area (Å²) in [5, 5.41) is 2.94. The molecule has 26 heavy (non-hydrogen) atoms. The standard InChI is InChI=1S/C20H24N4O2/c1-2-11-21-20(26)15-9-12-24(13-10-15)19(25)8-7-16-14-22-17-5-3-4-6-18(17)23-16/h3-8,14-15H,2,9-13H2,1H3,(H,21,26)/b8-7+. The fourth-order valence-corrected chi connectivity index (χ4v) is 3.07. The number of nitrogens with one attached hydrogen (secondary N) is 1. The lowest BCUT2D eigenvalue weighted by Crippen LogP contribution is -2.42. The summed E-state index contributed by atoms with van der Waals surface area (Å²) in [6.07, 6.45) is 7.26. The largest absolute Gasteiger partial charge is 0.356 e. The van der Waals surface area contributed by atoms with Gasteiger partial charge in [-0.3, -0.25) is 14.6 Å². The summed E-state index contributed by atoms with van der Waals surface area (Å²) in [6.45, 7) is 3.97. The van der Waals surface area contributed by atoms with Gasteiger partial charge in [-0.2, -0.15) is 0 Å².